The molecule has 0 bridgehead atoms. The average Bonchev–Trinajstić information content (AvgIpc) is 3.03. The van der Waals surface area contributed by atoms with Gasteiger partial charge in [-0.15, -0.1) is 0 Å². The van der Waals surface area contributed by atoms with Crippen LogP contribution >= 0.6 is 34.8 Å². The van der Waals surface area contributed by atoms with Gasteiger partial charge in [0.05, 0.1) is 10.0 Å². The molecule has 0 aliphatic carbocycles. The summed E-state index contributed by atoms with van der Waals surface area (Å²) in [6.07, 6.45) is 1.94. The summed E-state index contributed by atoms with van der Waals surface area (Å²) in [5.41, 5.74) is 4.54. The monoisotopic (exact) mass is 650 g/mol. The summed E-state index contributed by atoms with van der Waals surface area (Å²) in [4.78, 5) is 10.9. The molecule has 9 heteroatoms. The molecule has 0 saturated heterocycles. The average molecular weight is 652 g/mol. The van der Waals surface area contributed by atoms with Crippen LogP contribution in [0.1, 0.15) is 11.1 Å². The highest BCUT2D eigenvalue weighted by Crippen LogP contribution is 2.31. The van der Waals surface area contributed by atoms with Crippen molar-refractivity contribution < 1.29 is 28.2 Å². The van der Waals surface area contributed by atoms with E-state index >= 15 is 0 Å². The Morgan fingerprint density at radius 2 is 1.11 bits per heavy atom. The summed E-state index contributed by atoms with van der Waals surface area (Å²) in [6.45, 7) is 0.216. The third-order valence-corrected chi connectivity index (χ3v) is 7.55. The molecule has 0 aliphatic heterocycles. The molecule has 5 aromatic carbocycles. The zero-order chi connectivity index (χ0) is 31.2. The second kappa shape index (κ2) is 14.0. The number of carbonyl (C=O) groups is 1. The van der Waals surface area contributed by atoms with E-state index < -0.39 is 23.2 Å². The van der Waals surface area contributed by atoms with Crippen LogP contribution in [0.25, 0.3) is 27.8 Å². The van der Waals surface area contributed by atoms with Crippen molar-refractivity contribution in [3.63, 3.8) is 0 Å². The minimum absolute atomic E-state index is 0.0517. The van der Waals surface area contributed by atoms with Crippen LogP contribution in [0, 0.1) is 11.6 Å². The Bertz CT molecular complexity index is 1710. The maximum absolute atomic E-state index is 13.7. The number of carboxylic acids is 1. The highest BCUT2D eigenvalue weighted by atomic mass is 35.5. The van der Waals surface area contributed by atoms with Crippen LogP contribution in [0.4, 0.5) is 8.78 Å². The van der Waals surface area contributed by atoms with E-state index in [4.69, 9.17) is 49.4 Å². The van der Waals surface area contributed by atoms with Crippen molar-refractivity contribution in [3.05, 3.63) is 148 Å². The highest BCUT2D eigenvalue weighted by Gasteiger charge is 2.15. The smallest absolute Gasteiger partial charge is 0.360 e. The van der Waals surface area contributed by atoms with Crippen molar-refractivity contribution in [1.29, 1.82) is 0 Å². The number of halogens is 5. The van der Waals surface area contributed by atoms with E-state index in [0.29, 0.717) is 11.5 Å². The van der Waals surface area contributed by atoms with Crippen molar-refractivity contribution in [3.8, 4) is 33.8 Å². The summed E-state index contributed by atoms with van der Waals surface area (Å²) < 4.78 is 38.4. The fourth-order valence-corrected chi connectivity index (χ4v) is 4.91. The first-order chi connectivity index (χ1) is 21.2. The zero-order valence-corrected chi connectivity index (χ0v) is 25.1. The molecule has 0 radical (unpaired) electrons. The van der Waals surface area contributed by atoms with Crippen molar-refractivity contribution in [2.75, 3.05) is 6.61 Å². The van der Waals surface area contributed by atoms with Gasteiger partial charge in [-0.1, -0.05) is 95.5 Å². The lowest BCUT2D eigenvalue weighted by Gasteiger charge is -2.13. The number of ether oxygens (including phenoxy) is 2. The lowest BCUT2D eigenvalue weighted by Crippen LogP contribution is -2.20. The molecule has 1 N–H and O–H groups in total. The summed E-state index contributed by atoms with van der Waals surface area (Å²) in [6, 6.07) is 31.2. The predicted octanol–water partition coefficient (Wildman–Crippen LogP) is 10.1. The summed E-state index contributed by atoms with van der Waals surface area (Å²) in [7, 11) is 0. The van der Waals surface area contributed by atoms with Crippen molar-refractivity contribution in [2.24, 2.45) is 0 Å². The van der Waals surface area contributed by atoms with Crippen LogP contribution < -0.4 is 9.47 Å². The van der Waals surface area contributed by atoms with Crippen molar-refractivity contribution in [1.82, 2.24) is 0 Å². The Balaban J connectivity index is 1.40. The van der Waals surface area contributed by atoms with E-state index in [1.54, 1.807) is 48.5 Å². The normalized spacial score (nSPS) is 11.5. The maximum Gasteiger partial charge on any atom is 0.360 e. The van der Waals surface area contributed by atoms with Gasteiger partial charge in [-0.05, 0) is 93.6 Å². The first-order valence-corrected chi connectivity index (χ1v) is 14.5. The largest absolute Gasteiger partial charge is 0.490 e. The number of rotatable bonds is 10. The summed E-state index contributed by atoms with van der Waals surface area (Å²) >= 11 is 17.6. The predicted molar refractivity (Wildman–Crippen MR) is 171 cm³/mol. The molecule has 1 unspecified atom stereocenters. The van der Waals surface area contributed by atoms with Crippen LogP contribution in [0.15, 0.2) is 115 Å². The third-order valence-electron chi connectivity index (χ3n) is 6.69. The molecule has 0 aliphatic rings. The SMILES string of the molecule is O=C(O)C(Cl)Oc1ccc(OCC=C(c2ccc(-c3ccc(F)c(Cl)c3)cc2)c2ccc(-c3ccc(F)c(Cl)c3)cc2)cc1. The molecular formula is C35H23Cl3F2O4. The minimum atomic E-state index is -1.50. The first-order valence-electron chi connectivity index (χ1n) is 13.3. The Morgan fingerprint density at radius 3 is 1.55 bits per heavy atom. The molecule has 0 spiro atoms. The number of hydrogen-bond donors (Lipinski definition) is 1. The zero-order valence-electron chi connectivity index (χ0n) is 22.8. The number of aliphatic carboxylic acids is 1. The molecule has 0 saturated carbocycles. The lowest BCUT2D eigenvalue weighted by atomic mass is 9.94. The van der Waals surface area contributed by atoms with Gasteiger partial charge in [0.1, 0.15) is 29.7 Å². The molecular weight excluding hydrogens is 629 g/mol. The van der Waals surface area contributed by atoms with Gasteiger partial charge in [-0.25, -0.2) is 13.6 Å². The third kappa shape index (κ3) is 7.58. The lowest BCUT2D eigenvalue weighted by molar-refractivity contribution is -0.141. The van der Waals surface area contributed by atoms with Gasteiger partial charge in [0.2, 0.25) is 0 Å². The van der Waals surface area contributed by atoms with Gasteiger partial charge in [-0.3, -0.25) is 0 Å². The van der Waals surface area contributed by atoms with E-state index in [0.717, 1.165) is 39.0 Å². The van der Waals surface area contributed by atoms with E-state index in [-0.39, 0.29) is 16.7 Å². The Hall–Kier alpha value is -4.36. The molecule has 5 rings (SSSR count). The first kappa shape index (κ1) is 31.1. The quantitative estimate of drug-likeness (QED) is 0.153. The van der Waals surface area contributed by atoms with Crippen LogP contribution in [0.3, 0.4) is 0 Å². The minimum Gasteiger partial charge on any atom is -0.490 e. The van der Waals surface area contributed by atoms with Crippen LogP contribution in [0.2, 0.25) is 10.0 Å². The molecule has 1 atom stereocenters. The van der Waals surface area contributed by atoms with E-state index in [9.17, 15) is 13.6 Å². The second-order valence-corrected chi connectivity index (χ2v) is 10.8. The number of benzene rings is 5. The van der Waals surface area contributed by atoms with Crippen LogP contribution in [-0.4, -0.2) is 23.2 Å². The molecule has 0 heterocycles. The molecule has 222 valence electrons. The van der Waals surface area contributed by atoms with Gasteiger partial charge in [-0.2, -0.15) is 0 Å². The molecule has 0 amide bonds. The maximum atomic E-state index is 13.7. The van der Waals surface area contributed by atoms with Gasteiger partial charge in [0, 0.05) is 0 Å². The second-order valence-electron chi connectivity index (χ2n) is 9.58. The molecule has 0 aromatic heterocycles. The molecule has 4 nitrogen and oxygen atoms in total. The highest BCUT2D eigenvalue weighted by molar-refractivity contribution is 6.31. The fourth-order valence-electron chi connectivity index (χ4n) is 4.44. The Morgan fingerprint density at radius 1 is 0.682 bits per heavy atom. The number of alkyl halides is 1. The standard InChI is InChI=1S/C35H23Cl3F2O4/c36-30-19-25(9-15-32(30)39)21-1-5-23(6-2-21)29(17-18-43-27-11-13-28(14-12-27)44-34(38)35(41)42)24-7-3-22(4-8-24)26-10-16-33(40)31(37)20-26/h1-17,19-20,34H,18H2,(H,41,42). The van der Waals surface area contributed by atoms with Gasteiger partial charge in [0.25, 0.3) is 5.56 Å². The van der Waals surface area contributed by atoms with Gasteiger partial charge in [0.15, 0.2) is 0 Å². The van der Waals surface area contributed by atoms with Gasteiger partial charge < -0.3 is 14.6 Å². The number of carboxylic acid groups (broad SMARTS) is 1. The molecule has 5 aromatic rings. The summed E-state index contributed by atoms with van der Waals surface area (Å²) in [5.74, 6) is -1.40. The van der Waals surface area contributed by atoms with Crippen molar-refractivity contribution in [2.45, 2.75) is 5.56 Å². The van der Waals surface area contributed by atoms with E-state index in [1.165, 1.54) is 12.1 Å². The van der Waals surface area contributed by atoms with E-state index in [2.05, 4.69) is 0 Å². The molecule has 44 heavy (non-hydrogen) atoms. The fraction of sp³-hybridized carbons (Fsp3) is 0.0571. The Kier molecular flexibility index (Phi) is 9.85. The van der Waals surface area contributed by atoms with Crippen LogP contribution in [-0.2, 0) is 4.79 Å². The molecule has 0 fully saturated rings. The number of hydrogen-bond acceptors (Lipinski definition) is 3. The summed E-state index contributed by atoms with van der Waals surface area (Å²) in [5, 5.41) is 9.02. The van der Waals surface area contributed by atoms with Crippen LogP contribution in [0.5, 0.6) is 11.5 Å². The van der Waals surface area contributed by atoms with Gasteiger partial charge >= 0.3 is 5.97 Å². The van der Waals surface area contributed by atoms with E-state index in [1.807, 2.05) is 54.6 Å². The topological polar surface area (TPSA) is 55.8 Å². The Labute approximate surface area is 267 Å². The van der Waals surface area contributed by atoms with Crippen molar-refractivity contribution >= 4 is 46.3 Å².